The fraction of sp³-hybridized carbons (Fsp3) is 0.469. The lowest BCUT2D eigenvalue weighted by atomic mass is 9.70. The summed E-state index contributed by atoms with van der Waals surface area (Å²) in [6.07, 6.45) is -1.23. The van der Waals surface area contributed by atoms with Crippen molar-refractivity contribution >= 4 is 12.4 Å². The molecule has 9 nitrogen and oxygen atoms in total. The number of fused-ring (bicyclic) bond motifs is 3. The molecule has 3 aliphatic heterocycles. The first-order chi connectivity index (χ1) is 20.1. The van der Waals surface area contributed by atoms with E-state index in [0.29, 0.717) is 23.4 Å². The maximum Gasteiger partial charge on any atom is 0.226 e. The number of ether oxygens (including phenoxy) is 4. The summed E-state index contributed by atoms with van der Waals surface area (Å²) in [5, 5.41) is 26.2. The third-order valence-corrected chi connectivity index (χ3v) is 11.3. The van der Waals surface area contributed by atoms with E-state index in [9.17, 15) is 14.8 Å². The fourth-order valence-corrected chi connectivity index (χ4v) is 8.70. The molecule has 4 heterocycles. The molecule has 0 bridgehead atoms. The topological polar surface area (TPSA) is 111 Å². The Hall–Kier alpha value is -2.94. The number of nitrogens with zero attached hydrogens (tertiary/aromatic N) is 2. The molecule has 1 saturated carbocycles. The number of likely N-dealkylation sites (tertiary alicyclic amines) is 1. The smallest absolute Gasteiger partial charge is 0.226 e. The van der Waals surface area contributed by atoms with Gasteiger partial charge in [-0.3, -0.25) is 0 Å². The number of hydrogen-bond acceptors (Lipinski definition) is 9. The van der Waals surface area contributed by atoms with Crippen LogP contribution in [0.2, 0.25) is 0 Å². The number of rotatable bonds is 7. The molecule has 2 saturated heterocycles. The fourth-order valence-electron chi connectivity index (χ4n) is 7.84. The lowest BCUT2D eigenvalue weighted by Gasteiger charge is -2.56. The van der Waals surface area contributed by atoms with Crippen molar-refractivity contribution in [3.63, 3.8) is 0 Å². The molecule has 4 aliphatic rings. The van der Waals surface area contributed by atoms with Crippen molar-refractivity contribution in [2.75, 3.05) is 60.4 Å². The minimum atomic E-state index is -2.54. The summed E-state index contributed by atoms with van der Waals surface area (Å²) < 4.78 is 36.5. The molecule has 1 aliphatic carbocycles. The largest absolute Gasteiger partial charge is 0.481 e. The van der Waals surface area contributed by atoms with Gasteiger partial charge in [0.05, 0.1) is 39.1 Å². The third-order valence-electron chi connectivity index (χ3n) is 9.73. The zero-order valence-electron chi connectivity index (χ0n) is 24.3. The number of aliphatic hydroxyl groups is 2. The predicted molar refractivity (Wildman–Crippen MR) is 157 cm³/mol. The highest BCUT2D eigenvalue weighted by atomic mass is 31.2. The van der Waals surface area contributed by atoms with Crippen molar-refractivity contribution in [3.05, 3.63) is 77.4 Å². The molecule has 1 aromatic heterocycles. The minimum absolute atomic E-state index is 0.137. The van der Waals surface area contributed by atoms with Crippen LogP contribution in [0.4, 0.5) is 0 Å². The first-order valence-corrected chi connectivity index (χ1v) is 16.9. The van der Waals surface area contributed by atoms with Crippen LogP contribution >= 0.6 is 7.14 Å². The number of aromatic nitrogens is 1. The van der Waals surface area contributed by atoms with E-state index in [4.69, 9.17) is 18.9 Å². The molecule has 3 aromatic rings. The zero-order valence-corrected chi connectivity index (χ0v) is 25.2. The van der Waals surface area contributed by atoms with Gasteiger partial charge in [-0.2, -0.15) is 4.98 Å². The number of methoxy groups -OCH3 is 2. The maximum absolute atomic E-state index is 13.1. The van der Waals surface area contributed by atoms with Crippen LogP contribution in [0.15, 0.2) is 60.7 Å². The Kier molecular flexibility index (Phi) is 6.32. The highest BCUT2D eigenvalue weighted by Crippen LogP contribution is 2.70. The van der Waals surface area contributed by atoms with Gasteiger partial charge in [0.2, 0.25) is 11.8 Å². The Balaban J connectivity index is 1.44. The first-order valence-electron chi connectivity index (χ1n) is 14.3. The number of pyridine rings is 1. The van der Waals surface area contributed by atoms with E-state index in [1.54, 1.807) is 19.4 Å². The van der Waals surface area contributed by atoms with Crippen LogP contribution in [0.25, 0.3) is 0 Å². The normalized spacial score (nSPS) is 31.0. The van der Waals surface area contributed by atoms with Gasteiger partial charge in [-0.05, 0) is 24.5 Å². The van der Waals surface area contributed by atoms with E-state index in [2.05, 4.69) is 9.88 Å². The average molecular weight is 593 g/mol. The summed E-state index contributed by atoms with van der Waals surface area (Å²) in [7, 11) is 0.448. The second-order valence-electron chi connectivity index (χ2n) is 12.7. The van der Waals surface area contributed by atoms with Gasteiger partial charge in [0.25, 0.3) is 0 Å². The lowest BCUT2D eigenvalue weighted by molar-refractivity contribution is -0.194. The quantitative estimate of drug-likeness (QED) is 0.400. The van der Waals surface area contributed by atoms with Crippen LogP contribution in [-0.2, 0) is 20.5 Å². The highest BCUT2D eigenvalue weighted by molar-refractivity contribution is 7.70. The number of hydrogen-bond donors (Lipinski definition) is 2. The van der Waals surface area contributed by atoms with E-state index in [1.165, 1.54) is 14.2 Å². The van der Waals surface area contributed by atoms with Crippen molar-refractivity contribution < 1.29 is 33.7 Å². The molecule has 2 aromatic carbocycles. The molecule has 2 N–H and O–H groups in total. The number of aliphatic hydroxyl groups excluding tert-OH is 1. The second-order valence-corrected chi connectivity index (χ2v) is 15.9. The molecular weight excluding hydrogens is 555 g/mol. The van der Waals surface area contributed by atoms with E-state index in [-0.39, 0.29) is 17.2 Å². The molecule has 10 heteroatoms. The van der Waals surface area contributed by atoms with Gasteiger partial charge in [0, 0.05) is 48.3 Å². The molecule has 0 amide bonds. The van der Waals surface area contributed by atoms with Crippen molar-refractivity contribution in [2.45, 2.75) is 23.2 Å². The summed E-state index contributed by atoms with van der Waals surface area (Å²) in [4.78, 5) is 6.82. The third kappa shape index (κ3) is 3.77. The van der Waals surface area contributed by atoms with E-state index in [1.807, 2.05) is 54.6 Å². The molecule has 7 rings (SSSR count). The van der Waals surface area contributed by atoms with Gasteiger partial charge in [-0.25, -0.2) is 0 Å². The summed E-state index contributed by atoms with van der Waals surface area (Å²) in [6, 6.07) is 19.0. The Bertz CT molecular complexity index is 1550. The van der Waals surface area contributed by atoms with Crippen molar-refractivity contribution in [2.24, 2.45) is 11.3 Å². The second kappa shape index (κ2) is 9.53. The summed E-state index contributed by atoms with van der Waals surface area (Å²) in [5.41, 5.74) is -1.27. The molecule has 0 radical (unpaired) electrons. The average Bonchev–Trinajstić information content (AvgIpc) is 3.31. The monoisotopic (exact) mass is 592 g/mol. The van der Waals surface area contributed by atoms with Gasteiger partial charge < -0.3 is 38.6 Å². The van der Waals surface area contributed by atoms with E-state index in [0.717, 1.165) is 37.2 Å². The highest BCUT2D eigenvalue weighted by Gasteiger charge is 2.77. The predicted octanol–water partition coefficient (Wildman–Crippen LogP) is 2.93. The van der Waals surface area contributed by atoms with Crippen molar-refractivity contribution in [3.8, 4) is 17.5 Å². The zero-order chi connectivity index (χ0) is 29.5. The van der Waals surface area contributed by atoms with Gasteiger partial charge >= 0.3 is 0 Å². The molecule has 222 valence electrons. The summed E-state index contributed by atoms with van der Waals surface area (Å²) >= 11 is 0. The summed E-state index contributed by atoms with van der Waals surface area (Å²) in [6.45, 7) is 7.33. The molecule has 1 spiro atoms. The standard InChI is InChI=1S/C32H37N2O7P/c1-38-25-14-24-27(29(33-25)39-2)31(36)28(35)23(15-34-16-30(17-34)18-40-19-30)26(20-8-6-5-7-9-20)32(31,41-24)21-10-12-22(13-11-21)42(3,4)37/h5-14,23,26,28,35-36H,15-19H2,1-4H3/t23-,26-,28-,31+,32+/m1/s1. The Morgan fingerprint density at radius 1 is 1.05 bits per heavy atom. The first kappa shape index (κ1) is 27.9. The van der Waals surface area contributed by atoms with Gasteiger partial charge in [-0.15, -0.1) is 0 Å². The molecule has 5 atom stereocenters. The van der Waals surface area contributed by atoms with Crippen molar-refractivity contribution in [1.82, 2.24) is 9.88 Å². The van der Waals surface area contributed by atoms with Crippen LogP contribution in [0.5, 0.6) is 17.5 Å². The van der Waals surface area contributed by atoms with Gasteiger partial charge in [-0.1, -0.05) is 54.6 Å². The molecular formula is C32H37N2O7P. The Morgan fingerprint density at radius 3 is 2.31 bits per heavy atom. The van der Waals surface area contributed by atoms with Crippen molar-refractivity contribution in [1.29, 1.82) is 0 Å². The van der Waals surface area contributed by atoms with Crippen LogP contribution in [0, 0.1) is 11.3 Å². The van der Waals surface area contributed by atoms with Crippen LogP contribution in [-0.4, -0.2) is 86.6 Å². The maximum atomic E-state index is 13.1. The van der Waals surface area contributed by atoms with Crippen LogP contribution in [0.1, 0.15) is 22.6 Å². The molecule has 42 heavy (non-hydrogen) atoms. The van der Waals surface area contributed by atoms with Gasteiger partial charge in [0.1, 0.15) is 12.9 Å². The molecule has 0 unspecified atom stereocenters. The Labute approximate surface area is 245 Å². The lowest BCUT2D eigenvalue weighted by Crippen LogP contribution is -2.66. The SMILES string of the molecule is COc1cc2c(c(OC)n1)[C@]1(O)[C@H](O)[C@H](CN3CC4(COC4)C3)[C@@H](c3ccccc3)[C@]1(c1ccc(P(C)(C)=O)cc1)O2. The molecule has 3 fully saturated rings. The number of benzene rings is 2. The minimum Gasteiger partial charge on any atom is -0.481 e. The van der Waals surface area contributed by atoms with Crippen LogP contribution < -0.4 is 19.5 Å². The van der Waals surface area contributed by atoms with E-state index >= 15 is 0 Å². The summed E-state index contributed by atoms with van der Waals surface area (Å²) in [5.74, 6) is -0.114. The van der Waals surface area contributed by atoms with Gasteiger partial charge in [0.15, 0.2) is 11.2 Å². The van der Waals surface area contributed by atoms with Crippen LogP contribution in [0.3, 0.4) is 0 Å². The van der Waals surface area contributed by atoms with E-state index < -0.39 is 36.3 Å². The Morgan fingerprint density at radius 2 is 1.74 bits per heavy atom.